The standard InChI is InChI=1S/C13H10N4O6S/c18-10-2-1-8(15-16-9-5-14-17-13(9)20)12-7(10)3-6(4-11(12)19)24-23-22-21/h1-5,18-19,21H,(H2,14,17,20). The van der Waals surface area contributed by atoms with Crippen LogP contribution in [0.15, 0.2) is 50.4 Å². The predicted octanol–water partition coefficient (Wildman–Crippen LogP) is 3.11. The van der Waals surface area contributed by atoms with Crippen LogP contribution >= 0.6 is 12.0 Å². The van der Waals surface area contributed by atoms with E-state index >= 15 is 0 Å². The van der Waals surface area contributed by atoms with Crippen molar-refractivity contribution in [1.29, 1.82) is 0 Å². The lowest BCUT2D eigenvalue weighted by Crippen LogP contribution is -1.96. The second-order valence-electron chi connectivity index (χ2n) is 4.52. The van der Waals surface area contributed by atoms with E-state index in [1.807, 2.05) is 0 Å². The molecule has 0 aliphatic heterocycles. The summed E-state index contributed by atoms with van der Waals surface area (Å²) in [6.07, 6.45) is 1.34. The number of hydrogen-bond donors (Lipinski definition) is 5. The summed E-state index contributed by atoms with van der Waals surface area (Å²) in [5.41, 5.74) is -0.126. The first-order valence-corrected chi connectivity index (χ1v) is 7.15. The molecule has 124 valence electrons. The smallest absolute Gasteiger partial charge is 0.291 e. The summed E-state index contributed by atoms with van der Waals surface area (Å²) in [5.74, 6) is -0.310. The molecule has 24 heavy (non-hydrogen) atoms. The molecule has 0 spiro atoms. The topological polar surface area (TPSA) is 153 Å². The van der Waals surface area contributed by atoms with Gasteiger partial charge in [0, 0.05) is 10.3 Å². The second-order valence-corrected chi connectivity index (χ2v) is 5.30. The second kappa shape index (κ2) is 6.72. The Morgan fingerprint density at radius 1 is 1.08 bits per heavy atom. The number of benzene rings is 2. The number of hydrogen-bond acceptors (Lipinski definition) is 9. The maximum atomic E-state index is 11.4. The largest absolute Gasteiger partial charge is 0.507 e. The molecule has 1 aromatic heterocycles. The molecule has 0 atom stereocenters. The van der Waals surface area contributed by atoms with Gasteiger partial charge in [0.25, 0.3) is 5.56 Å². The molecule has 0 aliphatic rings. The fourth-order valence-electron chi connectivity index (χ4n) is 2.07. The summed E-state index contributed by atoms with van der Waals surface area (Å²) in [5, 5.41) is 44.9. The van der Waals surface area contributed by atoms with Crippen molar-refractivity contribution < 1.29 is 24.8 Å². The Kier molecular flexibility index (Phi) is 4.48. The third kappa shape index (κ3) is 3.09. The number of azo groups is 1. The lowest BCUT2D eigenvalue weighted by Gasteiger charge is -2.08. The van der Waals surface area contributed by atoms with Gasteiger partial charge in [0.1, 0.15) is 11.5 Å². The molecule has 0 bridgehead atoms. The Hall–Kier alpha value is -2.86. The first-order valence-electron chi connectivity index (χ1n) is 6.41. The zero-order valence-corrected chi connectivity index (χ0v) is 12.6. The van der Waals surface area contributed by atoms with E-state index in [-0.39, 0.29) is 33.6 Å². The van der Waals surface area contributed by atoms with Crippen LogP contribution in [0.1, 0.15) is 0 Å². The van der Waals surface area contributed by atoms with E-state index in [4.69, 9.17) is 5.26 Å². The van der Waals surface area contributed by atoms with Gasteiger partial charge in [0.2, 0.25) is 0 Å². The lowest BCUT2D eigenvalue weighted by atomic mass is 10.1. The molecule has 3 rings (SSSR count). The normalized spacial score (nSPS) is 11.5. The molecule has 0 aliphatic carbocycles. The van der Waals surface area contributed by atoms with E-state index in [1.165, 1.54) is 30.5 Å². The van der Waals surface area contributed by atoms with Gasteiger partial charge in [-0.05, 0) is 24.3 Å². The molecule has 0 saturated carbocycles. The maximum Gasteiger partial charge on any atom is 0.291 e. The van der Waals surface area contributed by atoms with Crippen molar-refractivity contribution in [3.8, 4) is 11.5 Å². The Bertz CT molecular complexity index is 967. The van der Waals surface area contributed by atoms with Gasteiger partial charge < -0.3 is 15.3 Å². The Morgan fingerprint density at radius 2 is 1.88 bits per heavy atom. The van der Waals surface area contributed by atoms with Crippen LogP contribution in [-0.4, -0.2) is 25.7 Å². The fourth-order valence-corrected chi connectivity index (χ4v) is 2.51. The number of rotatable bonds is 5. The highest BCUT2D eigenvalue weighted by Crippen LogP contribution is 2.41. The summed E-state index contributed by atoms with van der Waals surface area (Å²) in [4.78, 5) is 11.8. The Morgan fingerprint density at radius 3 is 2.58 bits per heavy atom. The molecule has 10 nitrogen and oxygen atoms in total. The third-order valence-corrected chi connectivity index (χ3v) is 3.63. The number of nitrogens with one attached hydrogen (secondary N) is 2. The highest BCUT2D eigenvalue weighted by Gasteiger charge is 2.13. The summed E-state index contributed by atoms with van der Waals surface area (Å²) in [6.45, 7) is 0. The number of aromatic nitrogens is 2. The highest BCUT2D eigenvalue weighted by atomic mass is 32.2. The van der Waals surface area contributed by atoms with E-state index < -0.39 is 5.56 Å². The molecule has 0 saturated heterocycles. The number of phenols is 2. The number of fused-ring (bicyclic) bond motifs is 1. The first-order chi connectivity index (χ1) is 11.6. The number of H-pyrrole nitrogens is 2. The number of phenolic OH excluding ortho intramolecular Hbond substituents is 2. The van der Waals surface area contributed by atoms with Crippen LogP contribution in [0.25, 0.3) is 10.8 Å². The Balaban J connectivity index is 2.09. The predicted molar refractivity (Wildman–Crippen MR) is 83.5 cm³/mol. The van der Waals surface area contributed by atoms with Gasteiger partial charge in [0.05, 0.1) is 29.3 Å². The monoisotopic (exact) mass is 350 g/mol. The molecule has 0 unspecified atom stereocenters. The molecular formula is C13H10N4O6S. The SMILES string of the molecule is O=c1[nH][nH]cc1N=Nc1ccc(O)c2cc(SOOO)cc(O)c12. The minimum atomic E-state index is -0.439. The van der Waals surface area contributed by atoms with Gasteiger partial charge >= 0.3 is 0 Å². The first kappa shape index (κ1) is 16.0. The summed E-state index contributed by atoms with van der Waals surface area (Å²) in [7, 11) is 0. The molecule has 0 radical (unpaired) electrons. The molecular weight excluding hydrogens is 340 g/mol. The van der Waals surface area contributed by atoms with Gasteiger partial charge in [-0.25, -0.2) is 5.26 Å². The summed E-state index contributed by atoms with van der Waals surface area (Å²) < 4.78 is 4.30. The molecule has 11 heteroatoms. The van der Waals surface area contributed by atoms with Crippen LogP contribution < -0.4 is 5.56 Å². The van der Waals surface area contributed by atoms with E-state index in [0.29, 0.717) is 16.9 Å². The van der Waals surface area contributed by atoms with E-state index in [9.17, 15) is 15.0 Å². The van der Waals surface area contributed by atoms with Crippen molar-refractivity contribution in [2.45, 2.75) is 4.90 Å². The third-order valence-electron chi connectivity index (χ3n) is 3.08. The molecule has 3 aromatic rings. The van der Waals surface area contributed by atoms with Crippen molar-refractivity contribution in [2.75, 3.05) is 0 Å². The van der Waals surface area contributed by atoms with Crippen molar-refractivity contribution >= 4 is 34.2 Å². The van der Waals surface area contributed by atoms with Crippen LogP contribution in [-0.2, 0) is 9.37 Å². The zero-order chi connectivity index (χ0) is 17.1. The zero-order valence-electron chi connectivity index (χ0n) is 11.8. The van der Waals surface area contributed by atoms with E-state index in [1.54, 1.807) is 0 Å². The van der Waals surface area contributed by atoms with E-state index in [0.717, 1.165) is 0 Å². The quantitative estimate of drug-likeness (QED) is 0.205. The molecule has 2 aromatic carbocycles. The molecule has 1 heterocycles. The average Bonchev–Trinajstić information content (AvgIpc) is 2.98. The summed E-state index contributed by atoms with van der Waals surface area (Å²) in [6, 6.07) is 5.64. The Labute approximate surface area is 137 Å². The van der Waals surface area contributed by atoms with Crippen LogP contribution in [0.2, 0.25) is 0 Å². The number of nitrogens with zero attached hydrogens (tertiary/aromatic N) is 2. The summed E-state index contributed by atoms with van der Waals surface area (Å²) >= 11 is 0.630. The minimum Gasteiger partial charge on any atom is -0.507 e. The van der Waals surface area contributed by atoms with Gasteiger partial charge in [-0.15, -0.1) is 14.6 Å². The molecule has 0 fully saturated rings. The van der Waals surface area contributed by atoms with Crippen LogP contribution in [0.3, 0.4) is 0 Å². The van der Waals surface area contributed by atoms with Gasteiger partial charge in [0.15, 0.2) is 5.69 Å². The van der Waals surface area contributed by atoms with Crippen LogP contribution in [0.5, 0.6) is 11.5 Å². The molecule has 5 N–H and O–H groups in total. The molecule has 0 amide bonds. The lowest BCUT2D eigenvalue weighted by molar-refractivity contribution is -0.432. The minimum absolute atomic E-state index is 0.0661. The van der Waals surface area contributed by atoms with Gasteiger partial charge in [-0.1, -0.05) is 5.04 Å². The van der Waals surface area contributed by atoms with Crippen molar-refractivity contribution in [2.24, 2.45) is 10.2 Å². The van der Waals surface area contributed by atoms with E-state index in [2.05, 4.69) is 29.8 Å². The average molecular weight is 350 g/mol. The van der Waals surface area contributed by atoms with Gasteiger partial charge in [-0.2, -0.15) is 0 Å². The number of aromatic hydroxyl groups is 2. The number of aromatic amines is 2. The van der Waals surface area contributed by atoms with Crippen molar-refractivity contribution in [1.82, 2.24) is 10.2 Å². The van der Waals surface area contributed by atoms with Crippen LogP contribution in [0.4, 0.5) is 11.4 Å². The maximum absolute atomic E-state index is 11.4. The van der Waals surface area contributed by atoms with Crippen LogP contribution in [0, 0.1) is 0 Å². The van der Waals surface area contributed by atoms with Gasteiger partial charge in [-0.3, -0.25) is 9.89 Å². The fraction of sp³-hybridized carbons (Fsp3) is 0. The van der Waals surface area contributed by atoms with Crippen molar-refractivity contribution in [3.63, 3.8) is 0 Å². The highest BCUT2D eigenvalue weighted by molar-refractivity contribution is 7.94. The van der Waals surface area contributed by atoms with Crippen molar-refractivity contribution in [3.05, 3.63) is 40.8 Å².